The van der Waals surface area contributed by atoms with Gasteiger partial charge in [-0.1, -0.05) is 0 Å². The molecule has 0 heterocycles. The molecule has 0 saturated carbocycles. The van der Waals surface area contributed by atoms with Crippen LogP contribution in [0.25, 0.3) is 0 Å². The van der Waals surface area contributed by atoms with Crippen molar-refractivity contribution in [1.82, 2.24) is 0 Å². The number of hydrogen-bond acceptors (Lipinski definition) is 5. The van der Waals surface area contributed by atoms with Crippen molar-refractivity contribution in [1.29, 1.82) is 0 Å². The van der Waals surface area contributed by atoms with Crippen molar-refractivity contribution in [2.24, 2.45) is 0 Å². The highest BCUT2D eigenvalue weighted by atomic mass is 32.2. The summed E-state index contributed by atoms with van der Waals surface area (Å²) in [6.45, 7) is 5.26. The van der Waals surface area contributed by atoms with Crippen LogP contribution >= 0.6 is 11.8 Å². The van der Waals surface area contributed by atoms with Gasteiger partial charge in [0, 0.05) is 0 Å². The van der Waals surface area contributed by atoms with E-state index in [-0.39, 0.29) is 29.0 Å². The van der Waals surface area contributed by atoms with E-state index in [0.29, 0.717) is 0 Å². The third-order valence-corrected chi connectivity index (χ3v) is 2.45. The molecular weight excluding hydrogens is 204 g/mol. The van der Waals surface area contributed by atoms with Crippen molar-refractivity contribution in [2.45, 2.75) is 32.1 Å². The summed E-state index contributed by atoms with van der Waals surface area (Å²) >= 11 is 1.21. The van der Waals surface area contributed by atoms with E-state index in [2.05, 4.69) is 4.74 Å². The maximum atomic E-state index is 11.1. The van der Waals surface area contributed by atoms with Gasteiger partial charge in [0.15, 0.2) is 0 Å². The first kappa shape index (κ1) is 13.3. The van der Waals surface area contributed by atoms with Gasteiger partial charge in [0.05, 0.1) is 19.0 Å². The molecule has 0 aromatic heterocycles. The van der Waals surface area contributed by atoms with Crippen molar-refractivity contribution in [3.8, 4) is 0 Å². The van der Waals surface area contributed by atoms with Crippen LogP contribution in [0, 0.1) is 0 Å². The second-order valence-corrected chi connectivity index (χ2v) is 4.34. The van der Waals surface area contributed by atoms with E-state index in [1.54, 1.807) is 20.8 Å². The molecule has 0 rings (SSSR count). The van der Waals surface area contributed by atoms with Crippen LogP contribution in [0.4, 0.5) is 0 Å². The Morgan fingerprint density at radius 3 is 2.29 bits per heavy atom. The van der Waals surface area contributed by atoms with Crippen LogP contribution in [0.1, 0.15) is 20.8 Å². The highest BCUT2D eigenvalue weighted by Gasteiger charge is 2.16. The lowest BCUT2D eigenvalue weighted by molar-refractivity contribution is -0.144. The quantitative estimate of drug-likeness (QED) is 0.652. The zero-order valence-electron chi connectivity index (χ0n) is 8.90. The van der Waals surface area contributed by atoms with Crippen molar-refractivity contribution >= 4 is 23.7 Å². The van der Waals surface area contributed by atoms with Gasteiger partial charge in [-0.3, -0.25) is 9.59 Å². The van der Waals surface area contributed by atoms with Crippen LogP contribution in [0.3, 0.4) is 0 Å². The van der Waals surface area contributed by atoms with E-state index in [4.69, 9.17) is 4.74 Å². The van der Waals surface area contributed by atoms with Crippen LogP contribution in [-0.2, 0) is 19.1 Å². The lowest BCUT2D eigenvalue weighted by atomic mass is 10.5. The molecular formula is C9H16O4S. The lowest BCUT2D eigenvalue weighted by Crippen LogP contribution is -2.19. The molecule has 1 unspecified atom stereocenters. The zero-order chi connectivity index (χ0) is 11.1. The minimum Gasteiger partial charge on any atom is -0.468 e. The molecule has 5 heteroatoms. The van der Waals surface area contributed by atoms with E-state index in [1.807, 2.05) is 0 Å². The Balaban J connectivity index is 3.71. The molecule has 0 N–H and O–H groups in total. The van der Waals surface area contributed by atoms with Gasteiger partial charge in [-0.25, -0.2) is 0 Å². The fourth-order valence-electron chi connectivity index (χ4n) is 0.724. The Morgan fingerprint density at radius 1 is 1.29 bits per heavy atom. The predicted octanol–water partition coefficient (Wildman–Crippen LogP) is 1.23. The Labute approximate surface area is 88.3 Å². The van der Waals surface area contributed by atoms with E-state index >= 15 is 0 Å². The summed E-state index contributed by atoms with van der Waals surface area (Å²) in [4.78, 5) is 22.0. The molecule has 0 aliphatic heterocycles. The standard InChI is InChI=1S/C9H16O4S/c1-6(2)13-8(10)5-14-7(3)9(11)12-4/h6-7H,5H2,1-4H3. The summed E-state index contributed by atoms with van der Waals surface area (Å²) < 4.78 is 9.42. The number of ether oxygens (including phenoxy) is 2. The highest BCUT2D eigenvalue weighted by molar-refractivity contribution is 8.01. The van der Waals surface area contributed by atoms with Gasteiger partial charge >= 0.3 is 11.9 Å². The van der Waals surface area contributed by atoms with Gasteiger partial charge in [0.2, 0.25) is 0 Å². The number of rotatable bonds is 5. The fraction of sp³-hybridized carbons (Fsp3) is 0.778. The number of carbonyl (C=O) groups excluding carboxylic acids is 2. The van der Waals surface area contributed by atoms with Crippen molar-refractivity contribution in [2.75, 3.05) is 12.9 Å². The Morgan fingerprint density at radius 2 is 1.86 bits per heavy atom. The lowest BCUT2D eigenvalue weighted by Gasteiger charge is -2.10. The molecule has 0 bridgehead atoms. The maximum Gasteiger partial charge on any atom is 0.318 e. The van der Waals surface area contributed by atoms with Gasteiger partial charge in [-0.2, -0.15) is 0 Å². The predicted molar refractivity (Wildman–Crippen MR) is 55.2 cm³/mol. The summed E-state index contributed by atoms with van der Waals surface area (Å²) in [5.74, 6) is -0.456. The minimum atomic E-state index is -0.334. The molecule has 0 aromatic carbocycles. The number of esters is 2. The van der Waals surface area contributed by atoms with Gasteiger partial charge < -0.3 is 9.47 Å². The molecule has 0 radical (unpaired) electrons. The van der Waals surface area contributed by atoms with Crippen LogP contribution in [-0.4, -0.2) is 36.2 Å². The average Bonchev–Trinajstić information content (AvgIpc) is 2.11. The average molecular weight is 220 g/mol. The summed E-state index contributed by atoms with van der Waals surface area (Å²) in [6.07, 6.45) is -0.114. The van der Waals surface area contributed by atoms with Gasteiger partial charge in [0.1, 0.15) is 5.25 Å². The molecule has 0 amide bonds. The van der Waals surface area contributed by atoms with Crippen molar-refractivity contribution < 1.29 is 19.1 Å². The van der Waals surface area contributed by atoms with E-state index in [1.165, 1.54) is 18.9 Å². The minimum absolute atomic E-state index is 0.114. The number of hydrogen-bond donors (Lipinski definition) is 0. The molecule has 0 spiro atoms. The van der Waals surface area contributed by atoms with E-state index < -0.39 is 0 Å². The molecule has 0 aromatic rings. The first-order chi connectivity index (χ1) is 6.47. The van der Waals surface area contributed by atoms with Crippen molar-refractivity contribution in [3.63, 3.8) is 0 Å². The maximum absolute atomic E-state index is 11.1. The summed E-state index contributed by atoms with van der Waals surface area (Å²) in [5.41, 5.74) is 0. The Hall–Kier alpha value is -0.710. The molecule has 0 fully saturated rings. The molecule has 0 aliphatic rings. The molecule has 0 saturated heterocycles. The molecule has 1 atom stereocenters. The van der Waals surface area contributed by atoms with Crippen LogP contribution in [0.2, 0.25) is 0 Å². The fourth-order valence-corrected chi connectivity index (χ4v) is 1.41. The monoisotopic (exact) mass is 220 g/mol. The van der Waals surface area contributed by atoms with E-state index in [9.17, 15) is 9.59 Å². The van der Waals surface area contributed by atoms with E-state index in [0.717, 1.165) is 0 Å². The molecule has 0 aliphatic carbocycles. The first-order valence-corrected chi connectivity index (χ1v) is 5.41. The van der Waals surface area contributed by atoms with Crippen LogP contribution in [0.5, 0.6) is 0 Å². The van der Waals surface area contributed by atoms with Gasteiger partial charge in [0.25, 0.3) is 0 Å². The van der Waals surface area contributed by atoms with Gasteiger partial charge in [-0.15, -0.1) is 11.8 Å². The largest absolute Gasteiger partial charge is 0.468 e. The summed E-state index contributed by atoms with van der Waals surface area (Å²) in [5, 5.41) is -0.334. The van der Waals surface area contributed by atoms with Crippen molar-refractivity contribution in [3.05, 3.63) is 0 Å². The molecule has 14 heavy (non-hydrogen) atoms. The Kier molecular flexibility index (Phi) is 6.36. The summed E-state index contributed by atoms with van der Waals surface area (Å²) in [6, 6.07) is 0. The first-order valence-electron chi connectivity index (χ1n) is 4.36. The SMILES string of the molecule is COC(=O)C(C)SCC(=O)OC(C)C. The van der Waals surface area contributed by atoms with Gasteiger partial charge in [-0.05, 0) is 20.8 Å². The third-order valence-electron chi connectivity index (χ3n) is 1.35. The molecule has 82 valence electrons. The Bertz CT molecular complexity index is 203. The topological polar surface area (TPSA) is 52.6 Å². The summed E-state index contributed by atoms with van der Waals surface area (Å²) in [7, 11) is 1.33. The number of methoxy groups -OCH3 is 1. The van der Waals surface area contributed by atoms with Crippen LogP contribution in [0.15, 0.2) is 0 Å². The highest BCUT2D eigenvalue weighted by Crippen LogP contribution is 2.12. The molecule has 4 nitrogen and oxygen atoms in total. The second kappa shape index (κ2) is 6.70. The van der Waals surface area contributed by atoms with Crippen LogP contribution < -0.4 is 0 Å². The zero-order valence-corrected chi connectivity index (χ0v) is 9.72. The number of thioether (sulfide) groups is 1. The number of carbonyl (C=O) groups is 2. The smallest absolute Gasteiger partial charge is 0.318 e. The third kappa shape index (κ3) is 5.85. The second-order valence-electron chi connectivity index (χ2n) is 3.02. The normalized spacial score (nSPS) is 12.4.